The summed E-state index contributed by atoms with van der Waals surface area (Å²) >= 11 is 12.2. The third-order valence-corrected chi connectivity index (χ3v) is 8.86. The molecule has 1 heterocycles. The van der Waals surface area contributed by atoms with Gasteiger partial charge < -0.3 is 9.47 Å². The number of unbranched alkanes of at least 4 members (excludes halogenated alkanes) is 2. The van der Waals surface area contributed by atoms with E-state index < -0.39 is 15.6 Å². The monoisotopic (exact) mass is 729 g/mol. The van der Waals surface area contributed by atoms with Crippen molar-refractivity contribution < 1.29 is 17.9 Å². The number of azo groups is 2. The Morgan fingerprint density at radius 2 is 1.53 bits per heavy atom. The minimum atomic E-state index is -3.72. The third-order valence-electron chi connectivity index (χ3n) is 7.07. The standard InChI is InChI=1S/C34H41Cl2N7O5S/c1-4-7-9-24-10-13-29(14-11-24)48-33-32(34(44)43(41-33)16-18-47-17-6-3)40-37-27-12-15-30(31(23-27)42-49(45,46)19-8-5-2)39-38-28-21-25(35)20-26(36)22-28/h10-15,20-23,41-42H,4-9,16-19H2,1-3H3. The van der Waals surface area contributed by atoms with Gasteiger partial charge >= 0.3 is 0 Å². The molecule has 49 heavy (non-hydrogen) atoms. The highest BCUT2D eigenvalue weighted by atomic mass is 35.5. The van der Waals surface area contributed by atoms with E-state index in [1.807, 2.05) is 38.1 Å². The van der Waals surface area contributed by atoms with E-state index in [-0.39, 0.29) is 40.9 Å². The van der Waals surface area contributed by atoms with Crippen molar-refractivity contribution in [2.45, 2.75) is 65.8 Å². The molecule has 0 amide bonds. The molecule has 4 aromatic rings. The molecule has 0 radical (unpaired) electrons. The Labute approximate surface area is 296 Å². The largest absolute Gasteiger partial charge is 0.437 e. The van der Waals surface area contributed by atoms with Gasteiger partial charge in [0.25, 0.3) is 5.56 Å². The van der Waals surface area contributed by atoms with Crippen LogP contribution in [0, 0.1) is 0 Å². The lowest BCUT2D eigenvalue weighted by molar-refractivity contribution is 0.123. The Balaban J connectivity index is 1.67. The van der Waals surface area contributed by atoms with Crippen molar-refractivity contribution in [1.82, 2.24) is 9.78 Å². The molecule has 0 atom stereocenters. The van der Waals surface area contributed by atoms with Gasteiger partial charge in [-0.2, -0.15) is 10.2 Å². The van der Waals surface area contributed by atoms with E-state index in [2.05, 4.69) is 37.2 Å². The number of benzene rings is 3. The van der Waals surface area contributed by atoms with Gasteiger partial charge in [0.1, 0.15) is 11.4 Å². The SMILES string of the molecule is CCCCc1ccc(Oc2[nH]n(CCOCCC)c(=O)c2N=Nc2ccc(N=Nc3cc(Cl)cc(Cl)c3)c(NS(=O)(=O)CCCC)c2)cc1. The number of hydrogen-bond donors (Lipinski definition) is 2. The molecule has 0 saturated heterocycles. The van der Waals surface area contributed by atoms with Crippen LogP contribution >= 0.6 is 23.2 Å². The van der Waals surface area contributed by atoms with Crippen LogP contribution in [0.15, 0.2) is 85.9 Å². The van der Waals surface area contributed by atoms with E-state index in [1.54, 1.807) is 30.3 Å². The minimum absolute atomic E-state index is 0.0581. The Morgan fingerprint density at radius 3 is 2.22 bits per heavy atom. The Bertz CT molecular complexity index is 1890. The predicted octanol–water partition coefficient (Wildman–Crippen LogP) is 10.4. The number of nitrogens with zero attached hydrogens (tertiary/aromatic N) is 5. The number of hydrogen-bond acceptors (Lipinski definition) is 9. The van der Waals surface area contributed by atoms with Gasteiger partial charge in [-0.15, -0.1) is 10.2 Å². The minimum Gasteiger partial charge on any atom is -0.437 e. The van der Waals surface area contributed by atoms with Crippen molar-refractivity contribution in [3.63, 3.8) is 0 Å². The number of rotatable bonds is 19. The topological polar surface area (TPSA) is 152 Å². The van der Waals surface area contributed by atoms with Crippen LogP contribution in [-0.4, -0.2) is 37.2 Å². The maximum absolute atomic E-state index is 13.4. The number of anilines is 1. The maximum atomic E-state index is 13.4. The molecule has 0 spiro atoms. The molecular formula is C34H41Cl2N7O5S. The lowest BCUT2D eigenvalue weighted by atomic mass is 10.1. The molecule has 0 saturated carbocycles. The third kappa shape index (κ3) is 11.8. The molecule has 0 aliphatic carbocycles. The first-order chi connectivity index (χ1) is 23.6. The fourth-order valence-electron chi connectivity index (χ4n) is 4.52. The van der Waals surface area contributed by atoms with Crippen LogP contribution in [0.1, 0.15) is 58.4 Å². The van der Waals surface area contributed by atoms with Crippen molar-refractivity contribution in [3.05, 3.63) is 86.6 Å². The van der Waals surface area contributed by atoms with E-state index in [1.165, 1.54) is 16.3 Å². The summed E-state index contributed by atoms with van der Waals surface area (Å²) < 4.78 is 41.4. The molecule has 262 valence electrons. The molecule has 2 N–H and O–H groups in total. The average molecular weight is 731 g/mol. The number of H-pyrrole nitrogens is 1. The zero-order valence-electron chi connectivity index (χ0n) is 27.8. The second kappa shape index (κ2) is 18.6. The van der Waals surface area contributed by atoms with E-state index in [0.717, 1.165) is 25.7 Å². The first-order valence-electron chi connectivity index (χ1n) is 16.2. The summed E-state index contributed by atoms with van der Waals surface area (Å²) in [7, 11) is -3.72. The maximum Gasteiger partial charge on any atom is 0.298 e. The van der Waals surface area contributed by atoms with Crippen LogP contribution in [-0.2, 0) is 27.7 Å². The van der Waals surface area contributed by atoms with E-state index >= 15 is 0 Å². The van der Waals surface area contributed by atoms with Gasteiger partial charge in [0.2, 0.25) is 21.6 Å². The summed E-state index contributed by atoms with van der Waals surface area (Å²) in [5.74, 6) is 0.546. The molecule has 0 unspecified atom stereocenters. The van der Waals surface area contributed by atoms with Crippen LogP contribution < -0.4 is 15.0 Å². The molecule has 0 aliphatic heterocycles. The summed E-state index contributed by atoms with van der Waals surface area (Å²) in [6, 6.07) is 17.0. The molecule has 0 fully saturated rings. The van der Waals surface area contributed by atoms with Crippen molar-refractivity contribution in [3.8, 4) is 11.6 Å². The molecule has 12 nitrogen and oxygen atoms in total. The number of aromatic amines is 1. The normalized spacial score (nSPS) is 11.9. The van der Waals surface area contributed by atoms with Crippen LogP contribution in [0.4, 0.5) is 28.4 Å². The highest BCUT2D eigenvalue weighted by molar-refractivity contribution is 7.92. The summed E-state index contributed by atoms with van der Waals surface area (Å²) in [6.07, 6.45) is 5.18. The number of ether oxygens (including phenoxy) is 2. The van der Waals surface area contributed by atoms with Gasteiger partial charge in [-0.25, -0.2) is 13.1 Å². The molecule has 3 aromatic carbocycles. The average Bonchev–Trinajstić information content (AvgIpc) is 3.36. The van der Waals surface area contributed by atoms with Gasteiger partial charge in [0.05, 0.1) is 36.0 Å². The number of aryl methyl sites for hydroxylation is 1. The predicted molar refractivity (Wildman–Crippen MR) is 195 cm³/mol. The van der Waals surface area contributed by atoms with Gasteiger partial charge in [-0.05, 0) is 79.8 Å². The van der Waals surface area contributed by atoms with Gasteiger partial charge in [-0.1, -0.05) is 68.9 Å². The summed E-state index contributed by atoms with van der Waals surface area (Å²) in [5.41, 5.74) is 1.66. The highest BCUT2D eigenvalue weighted by Crippen LogP contribution is 2.35. The molecular weight excluding hydrogens is 689 g/mol. The number of halogens is 2. The number of nitrogens with one attached hydrogen (secondary N) is 2. The lowest BCUT2D eigenvalue weighted by Gasteiger charge is -2.10. The van der Waals surface area contributed by atoms with Gasteiger partial charge in [0, 0.05) is 16.7 Å². The second-order valence-corrected chi connectivity index (χ2v) is 13.9. The summed E-state index contributed by atoms with van der Waals surface area (Å²) in [4.78, 5) is 13.4. The van der Waals surface area contributed by atoms with Gasteiger partial charge in [0.15, 0.2) is 0 Å². The zero-order valence-corrected chi connectivity index (χ0v) is 30.1. The van der Waals surface area contributed by atoms with E-state index in [4.69, 9.17) is 32.7 Å². The fourth-order valence-corrected chi connectivity index (χ4v) is 6.30. The van der Waals surface area contributed by atoms with Gasteiger partial charge in [-0.3, -0.25) is 14.6 Å². The van der Waals surface area contributed by atoms with Crippen LogP contribution in [0.5, 0.6) is 11.6 Å². The zero-order chi connectivity index (χ0) is 35.2. The van der Waals surface area contributed by atoms with Crippen molar-refractivity contribution in [2.75, 3.05) is 23.7 Å². The smallest absolute Gasteiger partial charge is 0.298 e. The molecule has 0 bridgehead atoms. The van der Waals surface area contributed by atoms with Crippen LogP contribution in [0.3, 0.4) is 0 Å². The number of aromatic nitrogens is 2. The van der Waals surface area contributed by atoms with Crippen LogP contribution in [0.2, 0.25) is 10.0 Å². The Kier molecular flexibility index (Phi) is 14.4. The fraction of sp³-hybridized carbons (Fsp3) is 0.382. The van der Waals surface area contributed by atoms with Crippen molar-refractivity contribution >= 4 is 61.7 Å². The van der Waals surface area contributed by atoms with Crippen molar-refractivity contribution in [1.29, 1.82) is 0 Å². The first-order valence-corrected chi connectivity index (χ1v) is 18.6. The summed E-state index contributed by atoms with van der Waals surface area (Å²) in [6.45, 7) is 7.19. The molecule has 0 aliphatic rings. The number of sulfonamides is 1. The first kappa shape index (κ1) is 37.8. The second-order valence-electron chi connectivity index (χ2n) is 11.2. The lowest BCUT2D eigenvalue weighted by Crippen LogP contribution is -2.19. The Morgan fingerprint density at radius 1 is 0.816 bits per heavy atom. The molecule has 4 rings (SSSR count). The molecule has 1 aromatic heterocycles. The molecule has 15 heteroatoms. The summed E-state index contributed by atoms with van der Waals surface area (Å²) in [5, 5.41) is 20.7. The van der Waals surface area contributed by atoms with Crippen molar-refractivity contribution in [2.24, 2.45) is 20.5 Å². The van der Waals surface area contributed by atoms with Crippen LogP contribution in [0.25, 0.3) is 0 Å². The van der Waals surface area contributed by atoms with E-state index in [0.29, 0.717) is 47.5 Å². The quantitative estimate of drug-likeness (QED) is 0.0726. The Hall–Kier alpha value is -4.04. The van der Waals surface area contributed by atoms with E-state index in [9.17, 15) is 13.2 Å². The highest BCUT2D eigenvalue weighted by Gasteiger charge is 2.18.